The van der Waals surface area contributed by atoms with E-state index < -0.39 is 0 Å². The first-order valence-corrected chi connectivity index (χ1v) is 12.0. The van der Waals surface area contributed by atoms with Crippen LogP contribution in [0.25, 0.3) is 22.5 Å². The van der Waals surface area contributed by atoms with Gasteiger partial charge >= 0.3 is 6.03 Å². The Morgan fingerprint density at radius 3 is 2.42 bits per heavy atom. The minimum Gasteiger partial charge on any atom is -0.319 e. The summed E-state index contributed by atoms with van der Waals surface area (Å²) >= 11 is 6.73. The molecule has 0 saturated carbocycles. The number of H-pyrrole nitrogens is 1. The normalized spacial score (nSPS) is 17.4. The highest BCUT2D eigenvalue weighted by Gasteiger charge is 2.50. The molecule has 0 spiro atoms. The first kappa shape index (κ1) is 23.2. The molecule has 3 aromatic rings. The largest absolute Gasteiger partial charge is 0.319 e. The molecule has 4 rings (SSSR count). The van der Waals surface area contributed by atoms with E-state index in [9.17, 15) is 4.79 Å². The quantitative estimate of drug-likeness (QED) is 0.317. The van der Waals surface area contributed by atoms with Gasteiger partial charge in [0.2, 0.25) is 0 Å². The van der Waals surface area contributed by atoms with Gasteiger partial charge in [0.1, 0.15) is 5.50 Å². The van der Waals surface area contributed by atoms with Gasteiger partial charge in [0.25, 0.3) is 0 Å². The van der Waals surface area contributed by atoms with E-state index in [4.69, 9.17) is 11.6 Å². The average Bonchev–Trinajstić information content (AvgIpc) is 3.45. The topological polar surface area (TPSA) is 99.7 Å². The highest BCUT2D eigenvalue weighted by molar-refractivity contribution is 6.23. The lowest BCUT2D eigenvalue weighted by molar-refractivity contribution is 0.122. The SMILES string of the molecule is CCCCC1(CCCC)C(Cl)NC(=O)N1Cc1ccc(-c2cnccc2-c2nnn[nH]2)cc1. The van der Waals surface area contributed by atoms with E-state index in [1.54, 1.807) is 12.4 Å². The molecule has 8 nitrogen and oxygen atoms in total. The summed E-state index contributed by atoms with van der Waals surface area (Å²) in [5.74, 6) is 0.593. The second-order valence-electron chi connectivity index (χ2n) is 8.58. The van der Waals surface area contributed by atoms with Crippen molar-refractivity contribution in [3.8, 4) is 22.5 Å². The van der Waals surface area contributed by atoms with Crippen molar-refractivity contribution in [1.29, 1.82) is 0 Å². The lowest BCUT2D eigenvalue weighted by Gasteiger charge is -2.39. The van der Waals surface area contributed by atoms with Crippen LogP contribution in [0.1, 0.15) is 57.9 Å². The molecule has 1 saturated heterocycles. The number of benzene rings is 1. The summed E-state index contributed by atoms with van der Waals surface area (Å²) in [7, 11) is 0. The standard InChI is InChI=1S/C24H30ClN7O/c1-3-5-12-24(13-6-4-2)22(25)27-23(33)32(24)16-17-7-9-18(10-8-17)20-15-26-14-11-19(20)21-28-30-31-29-21/h7-11,14-15,22H,3-6,12-13,16H2,1-2H3,(H,27,33)(H,28,29,30,31). The Bertz CT molecular complexity index is 1050. The van der Waals surface area contributed by atoms with Crippen molar-refractivity contribution in [3.63, 3.8) is 0 Å². The summed E-state index contributed by atoms with van der Waals surface area (Å²) in [6, 6.07) is 10.0. The van der Waals surface area contributed by atoms with Crippen LogP contribution in [0, 0.1) is 0 Å². The molecule has 1 aliphatic rings. The number of hydrogen-bond donors (Lipinski definition) is 2. The number of halogens is 1. The molecule has 0 bridgehead atoms. The van der Waals surface area contributed by atoms with Gasteiger partial charge in [-0.2, -0.15) is 0 Å². The Morgan fingerprint density at radius 1 is 1.06 bits per heavy atom. The number of aromatic nitrogens is 5. The van der Waals surface area contributed by atoms with E-state index >= 15 is 0 Å². The van der Waals surface area contributed by atoms with Crippen LogP contribution < -0.4 is 5.32 Å². The molecule has 2 amide bonds. The first-order chi connectivity index (χ1) is 16.1. The van der Waals surface area contributed by atoms with Crippen LogP contribution in [0.3, 0.4) is 0 Å². The van der Waals surface area contributed by atoms with Crippen LogP contribution >= 0.6 is 11.6 Å². The Labute approximate surface area is 199 Å². The number of amides is 2. The lowest BCUT2D eigenvalue weighted by Crippen LogP contribution is -2.49. The molecular weight excluding hydrogens is 438 g/mol. The van der Waals surface area contributed by atoms with Gasteiger partial charge in [-0.05, 0) is 40.5 Å². The maximum atomic E-state index is 12.9. The number of carbonyl (C=O) groups is 1. The summed E-state index contributed by atoms with van der Waals surface area (Å²) in [5.41, 5.74) is 3.13. The number of hydrogen-bond acceptors (Lipinski definition) is 5. The van der Waals surface area contributed by atoms with Crippen LogP contribution in [0.4, 0.5) is 4.79 Å². The summed E-state index contributed by atoms with van der Waals surface area (Å²) in [4.78, 5) is 19.1. The minimum absolute atomic E-state index is 0.0846. The number of aromatic amines is 1. The third-order valence-corrected chi connectivity index (χ3v) is 6.97. The highest BCUT2D eigenvalue weighted by atomic mass is 35.5. The fourth-order valence-corrected chi connectivity index (χ4v) is 5.01. The molecule has 1 fully saturated rings. The number of pyridine rings is 1. The molecule has 1 unspecified atom stereocenters. The summed E-state index contributed by atoms with van der Waals surface area (Å²) < 4.78 is 0. The molecule has 2 N–H and O–H groups in total. The third-order valence-electron chi connectivity index (χ3n) is 6.46. The number of rotatable bonds is 10. The fraction of sp³-hybridized carbons (Fsp3) is 0.458. The van der Waals surface area contributed by atoms with Crippen LogP contribution in [0.2, 0.25) is 0 Å². The lowest BCUT2D eigenvalue weighted by atomic mass is 9.85. The zero-order valence-electron chi connectivity index (χ0n) is 19.1. The number of urea groups is 1. The molecule has 2 aromatic heterocycles. The minimum atomic E-state index is -0.379. The maximum Gasteiger partial charge on any atom is 0.319 e. The predicted octanol–water partition coefficient (Wildman–Crippen LogP) is 5.14. The Kier molecular flexibility index (Phi) is 7.23. The number of unbranched alkanes of at least 4 members (excludes halogenated alkanes) is 2. The molecule has 1 atom stereocenters. The van der Waals surface area contributed by atoms with Crippen LogP contribution in [0.15, 0.2) is 42.7 Å². The Morgan fingerprint density at radius 2 is 1.79 bits per heavy atom. The number of nitrogens with one attached hydrogen (secondary N) is 2. The van der Waals surface area contributed by atoms with E-state index in [0.717, 1.165) is 60.8 Å². The van der Waals surface area contributed by atoms with Crippen molar-refractivity contribution in [2.45, 2.75) is 70.0 Å². The number of tetrazole rings is 1. The summed E-state index contributed by atoms with van der Waals surface area (Å²) in [6.45, 7) is 4.87. The maximum absolute atomic E-state index is 12.9. The summed E-state index contributed by atoms with van der Waals surface area (Å²) in [5, 5.41) is 17.2. The fourth-order valence-electron chi connectivity index (χ4n) is 4.58. The van der Waals surface area contributed by atoms with Gasteiger partial charge in [0.15, 0.2) is 5.82 Å². The average molecular weight is 468 g/mol. The molecule has 33 heavy (non-hydrogen) atoms. The summed E-state index contributed by atoms with van der Waals surface area (Å²) in [6.07, 6.45) is 9.55. The molecule has 0 aliphatic carbocycles. The second-order valence-corrected chi connectivity index (χ2v) is 9.01. The molecule has 0 radical (unpaired) electrons. The zero-order valence-corrected chi connectivity index (χ0v) is 19.8. The van der Waals surface area contributed by atoms with Gasteiger partial charge in [-0.1, -0.05) is 75.4 Å². The van der Waals surface area contributed by atoms with Gasteiger partial charge in [0, 0.05) is 30.1 Å². The number of carbonyl (C=O) groups excluding carboxylic acids is 1. The van der Waals surface area contributed by atoms with Crippen molar-refractivity contribution < 1.29 is 4.79 Å². The molecule has 1 aromatic carbocycles. The van der Waals surface area contributed by atoms with Crippen LogP contribution in [-0.2, 0) is 6.54 Å². The number of alkyl halides is 1. The van der Waals surface area contributed by atoms with Gasteiger partial charge < -0.3 is 10.2 Å². The number of nitrogens with zero attached hydrogens (tertiary/aromatic N) is 5. The van der Waals surface area contributed by atoms with E-state index in [1.807, 2.05) is 23.1 Å². The molecule has 3 heterocycles. The smallest absolute Gasteiger partial charge is 0.319 e. The highest BCUT2D eigenvalue weighted by Crippen LogP contribution is 2.39. The van der Waals surface area contributed by atoms with E-state index in [0.29, 0.717) is 12.4 Å². The molecule has 1 aliphatic heterocycles. The van der Waals surface area contributed by atoms with Crippen LogP contribution in [0.5, 0.6) is 0 Å². The first-order valence-electron chi connectivity index (χ1n) is 11.6. The van der Waals surface area contributed by atoms with Gasteiger partial charge in [0.05, 0.1) is 5.54 Å². The Hall–Kier alpha value is -3.00. The van der Waals surface area contributed by atoms with Crippen molar-refractivity contribution in [2.75, 3.05) is 0 Å². The van der Waals surface area contributed by atoms with Crippen molar-refractivity contribution in [1.82, 2.24) is 35.8 Å². The zero-order chi connectivity index (χ0) is 23.3. The predicted molar refractivity (Wildman–Crippen MR) is 128 cm³/mol. The van der Waals surface area contributed by atoms with Crippen molar-refractivity contribution >= 4 is 17.6 Å². The third kappa shape index (κ3) is 4.71. The monoisotopic (exact) mass is 467 g/mol. The molecule has 9 heteroatoms. The molecule has 174 valence electrons. The van der Waals surface area contributed by atoms with Crippen molar-refractivity contribution in [2.24, 2.45) is 0 Å². The van der Waals surface area contributed by atoms with E-state index in [2.05, 4.69) is 56.9 Å². The van der Waals surface area contributed by atoms with Gasteiger partial charge in [-0.15, -0.1) is 5.10 Å². The second kappa shape index (κ2) is 10.3. The van der Waals surface area contributed by atoms with Crippen LogP contribution in [-0.4, -0.2) is 47.6 Å². The van der Waals surface area contributed by atoms with E-state index in [1.165, 1.54) is 0 Å². The van der Waals surface area contributed by atoms with Gasteiger partial charge in [-0.25, -0.2) is 9.89 Å². The van der Waals surface area contributed by atoms with E-state index in [-0.39, 0.29) is 17.1 Å². The Balaban J connectivity index is 1.59. The molecular formula is C24H30ClN7O. The van der Waals surface area contributed by atoms with Crippen molar-refractivity contribution in [3.05, 3.63) is 48.3 Å². The van der Waals surface area contributed by atoms with Gasteiger partial charge in [-0.3, -0.25) is 4.98 Å².